The first kappa shape index (κ1) is 12.3. The fourth-order valence-corrected chi connectivity index (χ4v) is 1.53. The molecule has 18 heavy (non-hydrogen) atoms. The number of aryl methyl sites for hydroxylation is 1. The van der Waals surface area contributed by atoms with E-state index < -0.39 is 0 Å². The van der Waals surface area contributed by atoms with Gasteiger partial charge in [0.05, 0.1) is 13.7 Å². The standard InChI is InChI=1S/C12H17N5O/c1-3-8-17-15-12(14-16-17)13-9-10-4-6-11(18-2)7-5-10/h4-7H,3,8-9H2,1-2H3,(H,13,15). The third kappa shape index (κ3) is 3.19. The first-order chi connectivity index (χ1) is 8.81. The fraction of sp³-hybridized carbons (Fsp3) is 0.417. The summed E-state index contributed by atoms with van der Waals surface area (Å²) in [6.45, 7) is 3.53. The van der Waals surface area contributed by atoms with Gasteiger partial charge < -0.3 is 10.1 Å². The van der Waals surface area contributed by atoms with Gasteiger partial charge in [-0.15, -0.1) is 5.10 Å². The molecule has 6 heteroatoms. The average molecular weight is 247 g/mol. The topological polar surface area (TPSA) is 64.9 Å². The summed E-state index contributed by atoms with van der Waals surface area (Å²) in [5, 5.41) is 15.2. The van der Waals surface area contributed by atoms with Crippen molar-refractivity contribution >= 4 is 5.95 Å². The predicted molar refractivity (Wildman–Crippen MR) is 68.4 cm³/mol. The van der Waals surface area contributed by atoms with Crippen molar-refractivity contribution in [2.45, 2.75) is 26.4 Å². The summed E-state index contributed by atoms with van der Waals surface area (Å²) in [4.78, 5) is 1.59. The summed E-state index contributed by atoms with van der Waals surface area (Å²) >= 11 is 0. The molecule has 1 N–H and O–H groups in total. The summed E-state index contributed by atoms with van der Waals surface area (Å²) < 4.78 is 5.10. The van der Waals surface area contributed by atoms with Crippen molar-refractivity contribution in [2.75, 3.05) is 12.4 Å². The van der Waals surface area contributed by atoms with Crippen LogP contribution in [-0.4, -0.2) is 27.3 Å². The van der Waals surface area contributed by atoms with Crippen LogP contribution in [0.1, 0.15) is 18.9 Å². The van der Waals surface area contributed by atoms with Gasteiger partial charge in [0.2, 0.25) is 0 Å². The zero-order chi connectivity index (χ0) is 12.8. The highest BCUT2D eigenvalue weighted by atomic mass is 16.5. The molecule has 1 heterocycles. The van der Waals surface area contributed by atoms with Gasteiger partial charge in [0.25, 0.3) is 5.95 Å². The monoisotopic (exact) mass is 247 g/mol. The van der Waals surface area contributed by atoms with Gasteiger partial charge in [-0.1, -0.05) is 24.2 Å². The van der Waals surface area contributed by atoms with Crippen LogP contribution in [0.5, 0.6) is 5.75 Å². The lowest BCUT2D eigenvalue weighted by molar-refractivity contribution is 0.414. The van der Waals surface area contributed by atoms with Crippen LogP contribution >= 0.6 is 0 Å². The lowest BCUT2D eigenvalue weighted by Crippen LogP contribution is -2.03. The molecule has 0 unspecified atom stereocenters. The third-order valence-corrected chi connectivity index (χ3v) is 2.49. The highest BCUT2D eigenvalue weighted by molar-refractivity contribution is 5.30. The molecule has 1 aromatic carbocycles. The number of benzene rings is 1. The molecule has 0 aliphatic heterocycles. The number of anilines is 1. The molecule has 0 saturated heterocycles. The maximum Gasteiger partial charge on any atom is 0.263 e. The molecule has 0 spiro atoms. The first-order valence-corrected chi connectivity index (χ1v) is 5.96. The van der Waals surface area contributed by atoms with Crippen molar-refractivity contribution in [2.24, 2.45) is 0 Å². The number of methoxy groups -OCH3 is 1. The molecule has 0 saturated carbocycles. The van der Waals surface area contributed by atoms with Crippen molar-refractivity contribution in [3.63, 3.8) is 0 Å². The number of tetrazole rings is 1. The van der Waals surface area contributed by atoms with E-state index >= 15 is 0 Å². The second kappa shape index (κ2) is 6.00. The Balaban J connectivity index is 1.89. The van der Waals surface area contributed by atoms with E-state index in [1.165, 1.54) is 0 Å². The van der Waals surface area contributed by atoms with Gasteiger partial charge in [-0.3, -0.25) is 0 Å². The Hall–Kier alpha value is -2.11. The minimum absolute atomic E-state index is 0.555. The number of ether oxygens (including phenoxy) is 1. The summed E-state index contributed by atoms with van der Waals surface area (Å²) in [6.07, 6.45) is 0.994. The van der Waals surface area contributed by atoms with Crippen LogP contribution in [0.2, 0.25) is 0 Å². The van der Waals surface area contributed by atoms with E-state index in [1.807, 2.05) is 24.3 Å². The first-order valence-electron chi connectivity index (χ1n) is 5.96. The molecular formula is C12H17N5O. The Morgan fingerprint density at radius 2 is 2.06 bits per heavy atom. The predicted octanol–water partition coefficient (Wildman–Crippen LogP) is 1.70. The quantitative estimate of drug-likeness (QED) is 0.841. The normalized spacial score (nSPS) is 10.3. The number of hydrogen-bond acceptors (Lipinski definition) is 5. The van der Waals surface area contributed by atoms with Crippen LogP contribution in [-0.2, 0) is 13.1 Å². The zero-order valence-corrected chi connectivity index (χ0v) is 10.6. The summed E-state index contributed by atoms with van der Waals surface area (Å²) in [6, 6.07) is 7.86. The van der Waals surface area contributed by atoms with Crippen LogP contribution in [0.25, 0.3) is 0 Å². The summed E-state index contributed by atoms with van der Waals surface area (Å²) in [7, 11) is 1.66. The number of hydrogen-bond donors (Lipinski definition) is 1. The van der Waals surface area contributed by atoms with Gasteiger partial charge >= 0.3 is 0 Å². The minimum atomic E-state index is 0.555. The molecule has 96 valence electrons. The van der Waals surface area contributed by atoms with Gasteiger partial charge in [0.15, 0.2) is 0 Å². The molecule has 0 aliphatic rings. The highest BCUT2D eigenvalue weighted by Crippen LogP contribution is 2.11. The molecule has 0 atom stereocenters. The molecule has 0 radical (unpaired) electrons. The zero-order valence-electron chi connectivity index (χ0n) is 10.6. The lowest BCUT2D eigenvalue weighted by atomic mass is 10.2. The van der Waals surface area contributed by atoms with E-state index in [0.717, 1.165) is 24.3 Å². The van der Waals surface area contributed by atoms with Gasteiger partial charge in [-0.05, 0) is 29.3 Å². The van der Waals surface area contributed by atoms with Crippen molar-refractivity contribution < 1.29 is 4.74 Å². The van der Waals surface area contributed by atoms with E-state index in [2.05, 4.69) is 27.7 Å². The smallest absolute Gasteiger partial charge is 0.263 e. The highest BCUT2D eigenvalue weighted by Gasteiger charge is 2.01. The number of nitrogens with zero attached hydrogens (tertiary/aromatic N) is 4. The molecular weight excluding hydrogens is 230 g/mol. The van der Waals surface area contributed by atoms with Gasteiger partial charge in [-0.25, -0.2) is 0 Å². The largest absolute Gasteiger partial charge is 0.497 e. The Bertz CT molecular complexity index is 479. The van der Waals surface area contributed by atoms with Crippen LogP contribution in [0.3, 0.4) is 0 Å². The number of rotatable bonds is 6. The molecule has 2 rings (SSSR count). The third-order valence-electron chi connectivity index (χ3n) is 2.49. The molecule has 0 amide bonds. The van der Waals surface area contributed by atoms with E-state index in [9.17, 15) is 0 Å². The Morgan fingerprint density at radius 1 is 1.28 bits per heavy atom. The van der Waals surface area contributed by atoms with Gasteiger partial charge in [0, 0.05) is 6.54 Å². The molecule has 2 aromatic rings. The SMILES string of the molecule is CCCn1nnc(NCc2ccc(OC)cc2)n1. The molecule has 0 bridgehead atoms. The lowest BCUT2D eigenvalue weighted by Gasteiger charge is -2.03. The van der Waals surface area contributed by atoms with E-state index in [4.69, 9.17) is 4.74 Å². The second-order valence-corrected chi connectivity index (χ2v) is 3.91. The molecule has 6 nitrogen and oxygen atoms in total. The Morgan fingerprint density at radius 3 is 2.72 bits per heavy atom. The van der Waals surface area contributed by atoms with Crippen LogP contribution in [0, 0.1) is 0 Å². The summed E-state index contributed by atoms with van der Waals surface area (Å²) in [5.74, 6) is 1.41. The fourth-order valence-electron chi connectivity index (χ4n) is 1.53. The second-order valence-electron chi connectivity index (χ2n) is 3.91. The average Bonchev–Trinajstić information content (AvgIpc) is 2.85. The maximum atomic E-state index is 5.10. The van der Waals surface area contributed by atoms with Crippen LogP contribution in [0.15, 0.2) is 24.3 Å². The van der Waals surface area contributed by atoms with Crippen LogP contribution < -0.4 is 10.1 Å². The van der Waals surface area contributed by atoms with Crippen LogP contribution in [0.4, 0.5) is 5.95 Å². The molecule has 0 fully saturated rings. The van der Waals surface area contributed by atoms with Crippen molar-refractivity contribution in [3.8, 4) is 5.75 Å². The number of nitrogens with one attached hydrogen (secondary N) is 1. The summed E-state index contributed by atoms with van der Waals surface area (Å²) in [5.41, 5.74) is 1.14. The van der Waals surface area contributed by atoms with Crippen molar-refractivity contribution in [1.29, 1.82) is 0 Å². The van der Waals surface area contributed by atoms with E-state index in [0.29, 0.717) is 12.5 Å². The maximum absolute atomic E-state index is 5.10. The van der Waals surface area contributed by atoms with Crippen molar-refractivity contribution in [3.05, 3.63) is 29.8 Å². The minimum Gasteiger partial charge on any atom is -0.497 e. The Labute approximate surface area is 106 Å². The van der Waals surface area contributed by atoms with Gasteiger partial charge in [0.1, 0.15) is 5.75 Å². The molecule has 1 aromatic heterocycles. The Kier molecular flexibility index (Phi) is 4.11. The van der Waals surface area contributed by atoms with Crippen molar-refractivity contribution in [1.82, 2.24) is 20.2 Å². The number of aromatic nitrogens is 4. The van der Waals surface area contributed by atoms with Gasteiger partial charge in [-0.2, -0.15) is 4.80 Å². The van der Waals surface area contributed by atoms with E-state index in [-0.39, 0.29) is 0 Å². The molecule has 0 aliphatic carbocycles. The van der Waals surface area contributed by atoms with E-state index in [1.54, 1.807) is 11.9 Å².